The van der Waals surface area contributed by atoms with Crippen molar-refractivity contribution >= 4 is 49.6 Å². The van der Waals surface area contributed by atoms with Crippen LogP contribution in [0.4, 0.5) is 17.1 Å². The smallest absolute Gasteiger partial charge is 0.0623 e. The SMILES string of the molecule is CC1(C)c2cccc3c2-c2c1ccc1c4ccccc4n(c21)-c1cc(-c2ccc4cc(N(c5ccccc5)c5ccc(-c6ccccc6)cc5)ccc4c2)ccc1-3. The minimum Gasteiger partial charge on any atom is -0.310 e. The monoisotopic (exact) mass is 726 g/mol. The van der Waals surface area contributed by atoms with Crippen LogP contribution < -0.4 is 4.90 Å². The zero-order chi connectivity index (χ0) is 37.8. The second-order valence-electron chi connectivity index (χ2n) is 16.2. The molecule has 0 atom stereocenters. The summed E-state index contributed by atoms with van der Waals surface area (Å²) in [6.45, 7) is 4.77. The molecule has 10 aromatic rings. The van der Waals surface area contributed by atoms with E-state index < -0.39 is 0 Å². The number of nitrogens with zero attached hydrogens (tertiary/aromatic N) is 2. The molecule has 0 spiro atoms. The van der Waals surface area contributed by atoms with Crippen molar-refractivity contribution in [1.82, 2.24) is 4.57 Å². The summed E-state index contributed by atoms with van der Waals surface area (Å²) in [5, 5.41) is 5.04. The number of aromatic nitrogens is 1. The molecule has 1 aliphatic heterocycles. The van der Waals surface area contributed by atoms with Gasteiger partial charge in [-0.15, -0.1) is 0 Å². The van der Waals surface area contributed by atoms with Crippen molar-refractivity contribution in [3.8, 4) is 50.2 Å². The summed E-state index contributed by atoms with van der Waals surface area (Å²) in [4.78, 5) is 2.35. The second-order valence-corrected chi connectivity index (χ2v) is 16.2. The Balaban J connectivity index is 0.988. The first-order chi connectivity index (χ1) is 28.0. The van der Waals surface area contributed by atoms with Crippen LogP contribution >= 0.6 is 0 Å². The third-order valence-electron chi connectivity index (χ3n) is 12.7. The molecule has 268 valence electrons. The number of anilines is 3. The molecular weight excluding hydrogens is 689 g/mol. The maximum Gasteiger partial charge on any atom is 0.0623 e. The Morgan fingerprint density at radius 1 is 0.404 bits per heavy atom. The quantitative estimate of drug-likeness (QED) is 0.171. The fourth-order valence-corrected chi connectivity index (χ4v) is 9.93. The van der Waals surface area contributed by atoms with Crippen LogP contribution in [-0.4, -0.2) is 4.57 Å². The maximum atomic E-state index is 2.56. The van der Waals surface area contributed by atoms with Crippen molar-refractivity contribution in [3.63, 3.8) is 0 Å². The van der Waals surface area contributed by atoms with Crippen molar-refractivity contribution in [3.05, 3.63) is 205 Å². The molecule has 2 heterocycles. The molecule has 0 unspecified atom stereocenters. The van der Waals surface area contributed by atoms with Gasteiger partial charge in [0.25, 0.3) is 0 Å². The summed E-state index contributed by atoms with van der Waals surface area (Å²) in [6, 6.07) is 71.6. The van der Waals surface area contributed by atoms with Crippen molar-refractivity contribution < 1.29 is 0 Å². The van der Waals surface area contributed by atoms with E-state index in [0.29, 0.717) is 0 Å². The highest BCUT2D eigenvalue weighted by Crippen LogP contribution is 2.58. The van der Waals surface area contributed by atoms with Crippen LogP contribution in [0.25, 0.3) is 82.8 Å². The lowest BCUT2D eigenvalue weighted by Gasteiger charge is -2.26. The molecule has 0 bridgehead atoms. The molecule has 0 amide bonds. The Morgan fingerprint density at radius 2 is 1.04 bits per heavy atom. The van der Waals surface area contributed by atoms with Gasteiger partial charge in [-0.25, -0.2) is 0 Å². The summed E-state index contributed by atoms with van der Waals surface area (Å²) in [7, 11) is 0. The van der Waals surface area contributed by atoms with Crippen LogP contribution in [0.2, 0.25) is 0 Å². The second kappa shape index (κ2) is 11.9. The highest BCUT2D eigenvalue weighted by atomic mass is 15.1. The van der Waals surface area contributed by atoms with Crippen molar-refractivity contribution in [2.75, 3.05) is 4.90 Å². The van der Waals surface area contributed by atoms with Crippen molar-refractivity contribution in [1.29, 1.82) is 0 Å². The predicted molar refractivity (Wildman–Crippen MR) is 240 cm³/mol. The van der Waals surface area contributed by atoms with Gasteiger partial charge >= 0.3 is 0 Å². The van der Waals surface area contributed by atoms with Gasteiger partial charge in [-0.3, -0.25) is 0 Å². The highest BCUT2D eigenvalue weighted by molar-refractivity contribution is 6.18. The van der Waals surface area contributed by atoms with E-state index in [1.54, 1.807) is 0 Å². The lowest BCUT2D eigenvalue weighted by Crippen LogP contribution is -2.15. The van der Waals surface area contributed by atoms with Crippen LogP contribution in [0.3, 0.4) is 0 Å². The molecule has 2 aliphatic rings. The first-order valence-corrected chi connectivity index (χ1v) is 19.9. The fourth-order valence-electron chi connectivity index (χ4n) is 9.93. The topological polar surface area (TPSA) is 8.17 Å². The van der Waals surface area contributed by atoms with E-state index in [-0.39, 0.29) is 5.41 Å². The van der Waals surface area contributed by atoms with Crippen LogP contribution in [0.1, 0.15) is 25.0 Å². The fraction of sp³-hybridized carbons (Fsp3) is 0.0545. The van der Waals surface area contributed by atoms with Gasteiger partial charge in [-0.1, -0.05) is 153 Å². The lowest BCUT2D eigenvalue weighted by molar-refractivity contribution is 0.661. The lowest BCUT2D eigenvalue weighted by atomic mass is 9.81. The van der Waals surface area contributed by atoms with E-state index in [1.807, 2.05) is 0 Å². The number of fused-ring (bicyclic) bond motifs is 7. The standard InChI is InChI=1S/C55H38N2/c1-55(2)48-18-11-17-46-45-29-25-40(34-51(45)57-50-19-10-9-16-44(50)47-30-31-49(55)53(52(46)48)54(47)57)37-20-21-39-33-43(28-24-38(39)32-37)56(41-14-7-4-8-15-41)42-26-22-36(23-27-42)35-12-5-3-6-13-35/h3-34H,1-2H3. The van der Waals surface area contributed by atoms with E-state index in [4.69, 9.17) is 0 Å². The number of benzene rings is 9. The van der Waals surface area contributed by atoms with E-state index in [1.165, 1.54) is 93.9 Å². The summed E-state index contributed by atoms with van der Waals surface area (Å²) < 4.78 is 2.56. The molecule has 0 saturated carbocycles. The Hall–Kier alpha value is -7.16. The van der Waals surface area contributed by atoms with E-state index in [9.17, 15) is 0 Å². The van der Waals surface area contributed by atoms with Gasteiger partial charge < -0.3 is 9.47 Å². The van der Waals surface area contributed by atoms with Crippen molar-refractivity contribution in [2.24, 2.45) is 0 Å². The van der Waals surface area contributed by atoms with Gasteiger partial charge in [-0.05, 0) is 110 Å². The predicted octanol–water partition coefficient (Wildman–Crippen LogP) is 15.0. The summed E-state index contributed by atoms with van der Waals surface area (Å²) >= 11 is 0. The molecule has 0 N–H and O–H groups in total. The maximum absolute atomic E-state index is 2.56. The number of hydrogen-bond donors (Lipinski definition) is 0. The van der Waals surface area contributed by atoms with E-state index in [0.717, 1.165) is 17.1 Å². The average molecular weight is 727 g/mol. The van der Waals surface area contributed by atoms with Crippen LogP contribution in [-0.2, 0) is 5.41 Å². The molecule has 2 nitrogen and oxygen atoms in total. The Bertz CT molecular complexity index is 3240. The van der Waals surface area contributed by atoms with Crippen LogP contribution in [0.15, 0.2) is 194 Å². The number of para-hydroxylation sites is 2. The molecule has 1 aliphatic carbocycles. The van der Waals surface area contributed by atoms with Crippen molar-refractivity contribution in [2.45, 2.75) is 19.3 Å². The molecular formula is C55H38N2. The minimum atomic E-state index is -0.0658. The summed E-state index contributed by atoms with van der Waals surface area (Å²) in [6.07, 6.45) is 0. The molecule has 0 saturated heterocycles. The number of hydrogen-bond acceptors (Lipinski definition) is 1. The largest absolute Gasteiger partial charge is 0.310 e. The molecule has 57 heavy (non-hydrogen) atoms. The normalized spacial score (nSPS) is 13.2. The highest BCUT2D eigenvalue weighted by Gasteiger charge is 2.40. The van der Waals surface area contributed by atoms with Gasteiger partial charge in [0, 0.05) is 44.4 Å². The molecule has 9 aromatic carbocycles. The molecule has 2 heteroatoms. The molecule has 0 fully saturated rings. The molecule has 12 rings (SSSR count). The van der Waals surface area contributed by atoms with Gasteiger partial charge in [0.05, 0.1) is 16.7 Å². The van der Waals surface area contributed by atoms with Gasteiger partial charge in [-0.2, -0.15) is 0 Å². The van der Waals surface area contributed by atoms with Gasteiger partial charge in [0.15, 0.2) is 0 Å². The third kappa shape index (κ3) is 4.65. The third-order valence-corrected chi connectivity index (χ3v) is 12.7. The summed E-state index contributed by atoms with van der Waals surface area (Å²) in [5.74, 6) is 0. The van der Waals surface area contributed by atoms with Crippen LogP contribution in [0.5, 0.6) is 0 Å². The molecule has 0 radical (unpaired) electrons. The Labute approximate surface area is 332 Å². The summed E-state index contributed by atoms with van der Waals surface area (Å²) in [5.41, 5.74) is 20.2. The van der Waals surface area contributed by atoms with Crippen LogP contribution in [0, 0.1) is 0 Å². The number of rotatable bonds is 5. The Morgan fingerprint density at radius 3 is 1.88 bits per heavy atom. The molecule has 1 aromatic heterocycles. The van der Waals surface area contributed by atoms with Gasteiger partial charge in [0.1, 0.15) is 0 Å². The van der Waals surface area contributed by atoms with E-state index in [2.05, 4.69) is 217 Å². The zero-order valence-electron chi connectivity index (χ0n) is 31.9. The zero-order valence-corrected chi connectivity index (χ0v) is 31.9. The first kappa shape index (κ1) is 32.1. The van der Waals surface area contributed by atoms with Gasteiger partial charge in [0.2, 0.25) is 0 Å². The first-order valence-electron chi connectivity index (χ1n) is 19.9. The Kier molecular flexibility index (Phi) is 6.72. The average Bonchev–Trinajstić information content (AvgIpc) is 3.67. The van der Waals surface area contributed by atoms with E-state index >= 15 is 0 Å². The minimum absolute atomic E-state index is 0.0658.